The molecule has 268 valence electrons. The first-order chi connectivity index (χ1) is 25.4. The molecular weight excluding hydrogens is 643 g/mol. The fourth-order valence-electron chi connectivity index (χ4n) is 6.94. The highest BCUT2D eigenvalue weighted by molar-refractivity contribution is 5.97. The monoisotopic (exact) mass is 693 g/mol. The molecule has 5 aromatic rings. The van der Waals surface area contributed by atoms with Gasteiger partial charge in [-0.15, -0.1) is 0 Å². The van der Waals surface area contributed by atoms with E-state index < -0.39 is 0 Å². The number of fused-ring (bicyclic) bond motifs is 1. The van der Waals surface area contributed by atoms with Gasteiger partial charge in [-0.05, 0) is 84.8 Å². The summed E-state index contributed by atoms with van der Waals surface area (Å²) < 4.78 is 6.36. The van der Waals surface area contributed by atoms with Crippen molar-refractivity contribution in [3.63, 3.8) is 0 Å². The van der Waals surface area contributed by atoms with Gasteiger partial charge in [0.15, 0.2) is 0 Å². The third-order valence-electron chi connectivity index (χ3n) is 9.78. The SMILES string of the molecule is CC(C)CC(=O)N1CCCN(C)CCN(C(=O)c2ccc(-c3ccccc3OCc3ccccc3)cc2CCc2ccccc2)Cc2ccccc21. The minimum atomic E-state index is 0.00531. The van der Waals surface area contributed by atoms with Crippen molar-refractivity contribution >= 4 is 17.5 Å². The van der Waals surface area contributed by atoms with E-state index in [1.807, 2.05) is 76.5 Å². The average molecular weight is 694 g/mol. The molecule has 1 aliphatic rings. The predicted molar refractivity (Wildman–Crippen MR) is 212 cm³/mol. The van der Waals surface area contributed by atoms with Crippen LogP contribution in [0.2, 0.25) is 0 Å². The van der Waals surface area contributed by atoms with Gasteiger partial charge in [-0.25, -0.2) is 0 Å². The minimum absolute atomic E-state index is 0.00531. The van der Waals surface area contributed by atoms with Crippen LogP contribution in [0.15, 0.2) is 127 Å². The summed E-state index contributed by atoms with van der Waals surface area (Å²) in [7, 11) is 2.10. The lowest BCUT2D eigenvalue weighted by Gasteiger charge is -2.29. The van der Waals surface area contributed by atoms with Gasteiger partial charge in [0, 0.05) is 49.4 Å². The Morgan fingerprint density at radius 3 is 2.17 bits per heavy atom. The van der Waals surface area contributed by atoms with Crippen molar-refractivity contribution < 1.29 is 14.3 Å². The molecule has 6 heteroatoms. The van der Waals surface area contributed by atoms with E-state index in [0.29, 0.717) is 44.6 Å². The van der Waals surface area contributed by atoms with Crippen molar-refractivity contribution in [2.24, 2.45) is 5.92 Å². The maximum Gasteiger partial charge on any atom is 0.254 e. The van der Waals surface area contributed by atoms with Gasteiger partial charge in [-0.1, -0.05) is 123 Å². The van der Waals surface area contributed by atoms with E-state index in [-0.39, 0.29) is 17.7 Å². The van der Waals surface area contributed by atoms with E-state index in [0.717, 1.165) is 65.2 Å². The Labute approximate surface area is 309 Å². The number of hydrogen-bond donors (Lipinski definition) is 0. The fraction of sp³-hybridized carbons (Fsp3) is 0.304. The zero-order valence-corrected chi connectivity index (χ0v) is 30.8. The van der Waals surface area contributed by atoms with Crippen molar-refractivity contribution in [1.29, 1.82) is 0 Å². The summed E-state index contributed by atoms with van der Waals surface area (Å²) in [6.45, 7) is 7.89. The van der Waals surface area contributed by atoms with Crippen LogP contribution in [0.4, 0.5) is 5.69 Å². The first-order valence-electron chi connectivity index (χ1n) is 18.6. The third kappa shape index (κ3) is 9.56. The zero-order valence-electron chi connectivity index (χ0n) is 30.8. The Balaban J connectivity index is 1.35. The number of amides is 2. The summed E-state index contributed by atoms with van der Waals surface area (Å²) in [6, 6.07) is 43.1. The number of hydrogen-bond acceptors (Lipinski definition) is 4. The normalized spacial score (nSPS) is 14.1. The fourth-order valence-corrected chi connectivity index (χ4v) is 6.94. The maximum atomic E-state index is 14.8. The number of rotatable bonds is 10. The third-order valence-corrected chi connectivity index (χ3v) is 9.78. The number of para-hydroxylation sites is 2. The van der Waals surface area contributed by atoms with Crippen molar-refractivity contribution in [3.8, 4) is 16.9 Å². The molecule has 1 heterocycles. The van der Waals surface area contributed by atoms with Crippen LogP contribution in [-0.2, 0) is 30.8 Å². The number of carbonyl (C=O) groups is 2. The Hall–Kier alpha value is -5.20. The van der Waals surface area contributed by atoms with Crippen molar-refractivity contribution in [2.45, 2.75) is 52.7 Å². The van der Waals surface area contributed by atoms with E-state index in [1.54, 1.807) is 0 Å². The molecule has 6 nitrogen and oxygen atoms in total. The van der Waals surface area contributed by atoms with E-state index in [1.165, 1.54) is 5.56 Å². The van der Waals surface area contributed by atoms with E-state index in [2.05, 4.69) is 86.5 Å². The van der Waals surface area contributed by atoms with Crippen LogP contribution < -0.4 is 9.64 Å². The van der Waals surface area contributed by atoms with Crippen molar-refractivity contribution in [2.75, 3.05) is 38.1 Å². The second-order valence-corrected chi connectivity index (χ2v) is 14.3. The largest absolute Gasteiger partial charge is 0.488 e. The Kier molecular flexibility index (Phi) is 12.5. The van der Waals surface area contributed by atoms with Gasteiger partial charge in [0.1, 0.15) is 12.4 Å². The summed E-state index contributed by atoms with van der Waals surface area (Å²) in [5.74, 6) is 1.21. The lowest BCUT2D eigenvalue weighted by Crippen LogP contribution is -2.37. The highest BCUT2D eigenvalue weighted by Crippen LogP contribution is 2.33. The molecule has 0 radical (unpaired) electrons. The van der Waals surface area contributed by atoms with Crippen LogP contribution in [0.25, 0.3) is 11.1 Å². The number of nitrogens with zero attached hydrogens (tertiary/aromatic N) is 3. The lowest BCUT2D eigenvalue weighted by atomic mass is 9.94. The summed E-state index contributed by atoms with van der Waals surface area (Å²) in [5.41, 5.74) is 7.97. The number of likely N-dealkylation sites (N-methyl/N-ethyl adjacent to an activating group) is 1. The highest BCUT2D eigenvalue weighted by atomic mass is 16.5. The van der Waals surface area contributed by atoms with Gasteiger partial charge >= 0.3 is 0 Å². The van der Waals surface area contributed by atoms with E-state index >= 15 is 0 Å². The van der Waals surface area contributed by atoms with Crippen LogP contribution in [0.3, 0.4) is 0 Å². The smallest absolute Gasteiger partial charge is 0.254 e. The summed E-state index contributed by atoms with van der Waals surface area (Å²) >= 11 is 0. The molecule has 6 rings (SSSR count). The standard InChI is InChI=1S/C46H51N3O3/c1-35(2)31-45(50)49-28-14-27-47(3)29-30-48(33-40-19-10-12-21-43(40)49)46(51)42-26-25-38(32-39(42)24-23-36-15-6-4-7-16-36)41-20-11-13-22-44(41)52-34-37-17-8-5-9-18-37/h4-13,15-22,25-26,32,35H,14,23-24,27-31,33-34H2,1-3H3. The average Bonchev–Trinajstić information content (AvgIpc) is 3.20. The van der Waals surface area contributed by atoms with Crippen LogP contribution >= 0.6 is 0 Å². The summed E-state index contributed by atoms with van der Waals surface area (Å²) in [4.78, 5) is 34.6. The molecule has 0 aliphatic carbocycles. The second kappa shape index (κ2) is 17.8. The lowest BCUT2D eigenvalue weighted by molar-refractivity contribution is -0.119. The second-order valence-electron chi connectivity index (χ2n) is 14.3. The molecule has 0 atom stereocenters. The summed E-state index contributed by atoms with van der Waals surface area (Å²) in [6.07, 6.45) is 2.89. The van der Waals surface area contributed by atoms with Crippen LogP contribution in [0.5, 0.6) is 5.75 Å². The minimum Gasteiger partial charge on any atom is -0.488 e. The van der Waals surface area contributed by atoms with Gasteiger partial charge in [0.25, 0.3) is 5.91 Å². The molecule has 52 heavy (non-hydrogen) atoms. The maximum absolute atomic E-state index is 14.8. The Bertz CT molecular complexity index is 1920. The summed E-state index contributed by atoms with van der Waals surface area (Å²) in [5, 5.41) is 0. The molecule has 5 aromatic carbocycles. The number of anilines is 1. The first-order valence-corrected chi connectivity index (χ1v) is 18.6. The molecule has 0 bridgehead atoms. The molecule has 0 N–H and O–H groups in total. The molecule has 1 aliphatic heterocycles. The molecule has 0 aromatic heterocycles. The molecule has 0 saturated carbocycles. The Morgan fingerprint density at radius 1 is 0.712 bits per heavy atom. The predicted octanol–water partition coefficient (Wildman–Crippen LogP) is 9.07. The first kappa shape index (κ1) is 36.6. The molecule has 0 spiro atoms. The zero-order chi connectivity index (χ0) is 36.3. The number of ether oxygens (including phenoxy) is 1. The van der Waals surface area contributed by atoms with Crippen molar-refractivity contribution in [3.05, 3.63) is 155 Å². The number of carbonyl (C=O) groups excluding carboxylic acids is 2. The quantitative estimate of drug-likeness (QED) is 0.147. The highest BCUT2D eigenvalue weighted by Gasteiger charge is 2.25. The Morgan fingerprint density at radius 2 is 1.40 bits per heavy atom. The van der Waals surface area contributed by atoms with Crippen molar-refractivity contribution in [1.82, 2.24) is 9.80 Å². The van der Waals surface area contributed by atoms with Crippen LogP contribution in [0, 0.1) is 5.92 Å². The molecule has 0 unspecified atom stereocenters. The van der Waals surface area contributed by atoms with Crippen LogP contribution in [-0.4, -0.2) is 54.8 Å². The molecule has 2 amide bonds. The van der Waals surface area contributed by atoms with E-state index in [4.69, 9.17) is 4.74 Å². The van der Waals surface area contributed by atoms with Gasteiger partial charge in [-0.2, -0.15) is 0 Å². The topological polar surface area (TPSA) is 53.1 Å². The van der Waals surface area contributed by atoms with E-state index in [9.17, 15) is 9.59 Å². The molecular formula is C46H51N3O3. The van der Waals surface area contributed by atoms with Crippen LogP contribution in [0.1, 0.15) is 59.3 Å². The molecule has 0 fully saturated rings. The van der Waals surface area contributed by atoms with Gasteiger partial charge in [0.2, 0.25) is 5.91 Å². The van der Waals surface area contributed by atoms with Gasteiger partial charge in [-0.3, -0.25) is 9.59 Å². The van der Waals surface area contributed by atoms with Gasteiger partial charge < -0.3 is 19.4 Å². The number of aryl methyl sites for hydroxylation is 2. The van der Waals surface area contributed by atoms with Gasteiger partial charge in [0.05, 0.1) is 0 Å². The number of benzene rings is 5. The molecule has 0 saturated heterocycles.